The second-order valence-corrected chi connectivity index (χ2v) is 6.39. The number of hydrogen-bond donors (Lipinski definition) is 1. The average Bonchev–Trinajstić information content (AvgIpc) is 3.02. The van der Waals surface area contributed by atoms with E-state index in [4.69, 9.17) is 44.8 Å². The summed E-state index contributed by atoms with van der Waals surface area (Å²) in [6.07, 6.45) is 2.14. The van der Waals surface area contributed by atoms with Crippen LogP contribution in [-0.2, 0) is 4.74 Å². The van der Waals surface area contributed by atoms with E-state index in [9.17, 15) is 4.79 Å². The fourth-order valence-corrected chi connectivity index (χ4v) is 2.90. The Morgan fingerprint density at radius 2 is 2.09 bits per heavy atom. The molecule has 1 N–H and O–H groups in total. The average molecular weight is 377 g/mol. The maximum Gasteiger partial charge on any atom is 0.322 e. The van der Waals surface area contributed by atoms with E-state index in [1.807, 2.05) is 6.07 Å². The second kappa shape index (κ2) is 8.60. The lowest BCUT2D eigenvalue weighted by molar-refractivity contribution is 0.0841. The Balaban J connectivity index is 2.07. The van der Waals surface area contributed by atoms with Crippen molar-refractivity contribution < 1.29 is 9.53 Å². The van der Waals surface area contributed by atoms with Crippen LogP contribution in [0.4, 0.5) is 10.5 Å². The molecule has 2 amide bonds. The van der Waals surface area contributed by atoms with Gasteiger partial charge in [0, 0.05) is 19.7 Å². The maximum absolute atomic E-state index is 12.5. The molecule has 2 rings (SSSR count). The van der Waals surface area contributed by atoms with Crippen molar-refractivity contribution in [1.29, 1.82) is 5.26 Å². The molecule has 1 aromatic carbocycles. The van der Waals surface area contributed by atoms with Gasteiger partial charge in [0.1, 0.15) is 0 Å². The van der Waals surface area contributed by atoms with Crippen LogP contribution in [0.15, 0.2) is 12.1 Å². The molecule has 124 valence electrons. The van der Waals surface area contributed by atoms with E-state index in [0.717, 1.165) is 12.8 Å². The van der Waals surface area contributed by atoms with Gasteiger partial charge in [0.05, 0.1) is 39.3 Å². The van der Waals surface area contributed by atoms with Crippen molar-refractivity contribution in [2.75, 3.05) is 25.0 Å². The SMILES string of the molecule is N#CCCN(CC1CCCO1)C(=O)Nc1cc(Cl)c(Cl)cc1Cl. The highest BCUT2D eigenvalue weighted by Crippen LogP contribution is 2.32. The molecule has 0 bridgehead atoms. The summed E-state index contributed by atoms with van der Waals surface area (Å²) in [5, 5.41) is 12.4. The minimum atomic E-state index is -0.351. The number of nitrogens with one attached hydrogen (secondary N) is 1. The van der Waals surface area contributed by atoms with Crippen molar-refractivity contribution in [3.05, 3.63) is 27.2 Å². The van der Waals surface area contributed by atoms with E-state index >= 15 is 0 Å². The van der Waals surface area contributed by atoms with Gasteiger partial charge in [-0.2, -0.15) is 5.26 Å². The molecule has 1 aliphatic heterocycles. The van der Waals surface area contributed by atoms with Crippen LogP contribution in [0, 0.1) is 11.3 Å². The monoisotopic (exact) mass is 375 g/mol. The summed E-state index contributed by atoms with van der Waals surface area (Å²) >= 11 is 17.9. The molecule has 1 atom stereocenters. The number of benzene rings is 1. The quantitative estimate of drug-likeness (QED) is 0.765. The highest BCUT2D eigenvalue weighted by atomic mass is 35.5. The van der Waals surface area contributed by atoms with Crippen LogP contribution in [-0.4, -0.2) is 36.7 Å². The van der Waals surface area contributed by atoms with E-state index < -0.39 is 0 Å². The number of urea groups is 1. The molecule has 5 nitrogen and oxygen atoms in total. The Labute approximate surface area is 150 Å². The standard InChI is InChI=1S/C15H16Cl3N3O2/c16-11-7-13(18)14(8-12(11)17)20-15(22)21(5-2-4-19)9-10-3-1-6-23-10/h7-8,10H,1-3,5-6,9H2,(H,20,22). The molecule has 1 saturated heterocycles. The Bertz CT molecular complexity index is 613. The van der Waals surface area contributed by atoms with Crippen LogP contribution in [0.1, 0.15) is 19.3 Å². The summed E-state index contributed by atoms with van der Waals surface area (Å²) in [6.45, 7) is 1.46. The fourth-order valence-electron chi connectivity index (χ4n) is 2.31. The number of nitrogens with zero attached hydrogens (tertiary/aromatic N) is 2. The lowest BCUT2D eigenvalue weighted by atomic mass is 10.2. The number of amides is 2. The number of hydrogen-bond acceptors (Lipinski definition) is 3. The molecule has 1 aromatic rings. The normalized spacial score (nSPS) is 16.9. The third kappa shape index (κ3) is 5.15. The van der Waals surface area contributed by atoms with Crippen LogP contribution in [0.25, 0.3) is 0 Å². The van der Waals surface area contributed by atoms with Crippen molar-refractivity contribution >= 4 is 46.5 Å². The van der Waals surface area contributed by atoms with Crippen molar-refractivity contribution in [3.8, 4) is 6.07 Å². The summed E-state index contributed by atoms with van der Waals surface area (Å²) in [5.74, 6) is 0. The summed E-state index contributed by atoms with van der Waals surface area (Å²) < 4.78 is 5.55. The Morgan fingerprint density at radius 3 is 2.74 bits per heavy atom. The third-order valence-corrected chi connectivity index (χ3v) is 4.52. The molecule has 0 radical (unpaired) electrons. The maximum atomic E-state index is 12.5. The molecule has 1 unspecified atom stereocenters. The summed E-state index contributed by atoms with van der Waals surface area (Å²) in [4.78, 5) is 14.0. The molecule has 1 heterocycles. The highest BCUT2D eigenvalue weighted by Gasteiger charge is 2.23. The minimum Gasteiger partial charge on any atom is -0.376 e. The molecular formula is C15H16Cl3N3O2. The van der Waals surface area contributed by atoms with Gasteiger partial charge < -0.3 is 15.0 Å². The largest absolute Gasteiger partial charge is 0.376 e. The van der Waals surface area contributed by atoms with Crippen LogP contribution in [0.2, 0.25) is 15.1 Å². The molecule has 8 heteroatoms. The van der Waals surface area contributed by atoms with Gasteiger partial charge in [0.2, 0.25) is 0 Å². The molecule has 1 fully saturated rings. The number of nitriles is 1. The Hall–Kier alpha value is -1.19. The molecular weight excluding hydrogens is 361 g/mol. The van der Waals surface area contributed by atoms with E-state index in [1.54, 1.807) is 4.90 Å². The zero-order valence-corrected chi connectivity index (χ0v) is 14.6. The molecule has 23 heavy (non-hydrogen) atoms. The zero-order chi connectivity index (χ0) is 16.8. The van der Waals surface area contributed by atoms with Crippen molar-refractivity contribution in [3.63, 3.8) is 0 Å². The van der Waals surface area contributed by atoms with Crippen LogP contribution >= 0.6 is 34.8 Å². The fraction of sp³-hybridized carbons (Fsp3) is 0.467. The molecule has 0 spiro atoms. The van der Waals surface area contributed by atoms with E-state index in [1.165, 1.54) is 12.1 Å². The van der Waals surface area contributed by atoms with Gasteiger partial charge in [-0.25, -0.2) is 4.79 Å². The number of carbonyl (C=O) groups is 1. The number of ether oxygens (including phenoxy) is 1. The number of rotatable bonds is 5. The van der Waals surface area contributed by atoms with E-state index in [-0.39, 0.29) is 18.6 Å². The Morgan fingerprint density at radius 1 is 1.35 bits per heavy atom. The van der Waals surface area contributed by atoms with E-state index in [0.29, 0.717) is 40.5 Å². The van der Waals surface area contributed by atoms with Crippen LogP contribution < -0.4 is 5.32 Å². The molecule has 1 aliphatic rings. The lowest BCUT2D eigenvalue weighted by Crippen LogP contribution is -2.40. The third-order valence-electron chi connectivity index (χ3n) is 3.48. The first-order valence-electron chi connectivity index (χ1n) is 7.20. The summed E-state index contributed by atoms with van der Waals surface area (Å²) in [6, 6.07) is 4.66. The highest BCUT2D eigenvalue weighted by molar-refractivity contribution is 6.44. The number of halogens is 3. The zero-order valence-electron chi connectivity index (χ0n) is 12.3. The predicted molar refractivity (Wildman–Crippen MR) is 91.3 cm³/mol. The van der Waals surface area contributed by atoms with Gasteiger partial charge in [0.25, 0.3) is 0 Å². The van der Waals surface area contributed by atoms with Gasteiger partial charge >= 0.3 is 6.03 Å². The van der Waals surface area contributed by atoms with E-state index in [2.05, 4.69) is 5.32 Å². The van der Waals surface area contributed by atoms with Crippen LogP contribution in [0.5, 0.6) is 0 Å². The van der Waals surface area contributed by atoms with Gasteiger partial charge in [-0.15, -0.1) is 0 Å². The predicted octanol–water partition coefficient (Wildman–Crippen LogP) is 4.57. The van der Waals surface area contributed by atoms with Crippen LogP contribution in [0.3, 0.4) is 0 Å². The van der Waals surface area contributed by atoms with Gasteiger partial charge in [-0.05, 0) is 25.0 Å². The van der Waals surface area contributed by atoms with Crippen molar-refractivity contribution in [1.82, 2.24) is 4.90 Å². The molecule has 0 aliphatic carbocycles. The topological polar surface area (TPSA) is 65.4 Å². The Kier molecular flexibility index (Phi) is 6.79. The number of anilines is 1. The first-order valence-corrected chi connectivity index (χ1v) is 8.33. The van der Waals surface area contributed by atoms with Crippen molar-refractivity contribution in [2.24, 2.45) is 0 Å². The van der Waals surface area contributed by atoms with Crippen molar-refractivity contribution in [2.45, 2.75) is 25.4 Å². The first kappa shape index (κ1) is 18.2. The first-order chi connectivity index (χ1) is 11.0. The smallest absolute Gasteiger partial charge is 0.322 e. The second-order valence-electron chi connectivity index (χ2n) is 5.17. The summed E-state index contributed by atoms with van der Waals surface area (Å²) in [7, 11) is 0. The molecule has 0 saturated carbocycles. The number of carbonyl (C=O) groups excluding carboxylic acids is 1. The van der Waals surface area contributed by atoms with Gasteiger partial charge in [0.15, 0.2) is 0 Å². The summed E-state index contributed by atoms with van der Waals surface area (Å²) in [5.41, 5.74) is 0.375. The van der Waals surface area contributed by atoms with Gasteiger partial charge in [-0.3, -0.25) is 0 Å². The van der Waals surface area contributed by atoms with Gasteiger partial charge in [-0.1, -0.05) is 34.8 Å². The minimum absolute atomic E-state index is 0.00344. The molecule has 0 aromatic heterocycles. The lowest BCUT2D eigenvalue weighted by Gasteiger charge is -2.25.